The van der Waals surface area contributed by atoms with E-state index in [1.165, 1.54) is 44.1 Å². The fourth-order valence-corrected chi connectivity index (χ4v) is 2.73. The van der Waals surface area contributed by atoms with Crippen LogP contribution in [0.1, 0.15) is 59.3 Å². The van der Waals surface area contributed by atoms with Crippen LogP contribution in [-0.2, 0) is 0 Å². The van der Waals surface area contributed by atoms with Gasteiger partial charge in [-0.25, -0.2) is 0 Å². The van der Waals surface area contributed by atoms with Crippen molar-refractivity contribution in [3.63, 3.8) is 0 Å². The van der Waals surface area contributed by atoms with E-state index < -0.39 is 0 Å². The molecule has 0 spiro atoms. The van der Waals surface area contributed by atoms with Crippen LogP contribution < -0.4 is 0 Å². The fraction of sp³-hybridized carbons (Fsp3) is 0.857. The van der Waals surface area contributed by atoms with Crippen LogP contribution in [0.4, 0.5) is 0 Å². The van der Waals surface area contributed by atoms with Crippen LogP contribution in [0.25, 0.3) is 0 Å². The summed E-state index contributed by atoms with van der Waals surface area (Å²) in [4.78, 5) is 0. The van der Waals surface area contributed by atoms with Crippen LogP contribution in [-0.4, -0.2) is 0 Å². The number of allylic oxidation sites excluding steroid dienone is 1. The molecule has 0 heteroatoms. The van der Waals surface area contributed by atoms with Crippen molar-refractivity contribution in [2.75, 3.05) is 0 Å². The largest absolute Gasteiger partial charge is 0.0996 e. The number of hydrogen-bond donors (Lipinski definition) is 0. The first-order chi connectivity index (χ1) is 6.65. The molecule has 2 unspecified atom stereocenters. The molecule has 2 atom stereocenters. The van der Waals surface area contributed by atoms with Crippen molar-refractivity contribution in [3.05, 3.63) is 12.2 Å². The highest BCUT2D eigenvalue weighted by Crippen LogP contribution is 2.37. The molecule has 0 bridgehead atoms. The van der Waals surface area contributed by atoms with E-state index in [-0.39, 0.29) is 0 Å². The maximum atomic E-state index is 4.26. The summed E-state index contributed by atoms with van der Waals surface area (Å²) < 4.78 is 0. The van der Waals surface area contributed by atoms with Crippen LogP contribution in [0.3, 0.4) is 0 Å². The second-order valence-electron chi connectivity index (χ2n) is 5.28. The monoisotopic (exact) mass is 194 g/mol. The van der Waals surface area contributed by atoms with Crippen molar-refractivity contribution in [2.24, 2.45) is 17.8 Å². The van der Waals surface area contributed by atoms with E-state index in [0.29, 0.717) is 0 Å². The van der Waals surface area contributed by atoms with Gasteiger partial charge in [0.15, 0.2) is 0 Å². The highest BCUT2D eigenvalue weighted by molar-refractivity contribution is 5.02. The first-order valence-corrected chi connectivity index (χ1v) is 6.32. The molecule has 0 saturated heterocycles. The molecular weight excluding hydrogens is 168 g/mol. The first kappa shape index (κ1) is 11.8. The molecule has 1 rings (SSSR count). The third kappa shape index (κ3) is 3.15. The maximum absolute atomic E-state index is 4.26. The Balaban J connectivity index is 2.43. The summed E-state index contributed by atoms with van der Waals surface area (Å²) in [5, 5.41) is 0. The van der Waals surface area contributed by atoms with Gasteiger partial charge in [0.1, 0.15) is 0 Å². The van der Waals surface area contributed by atoms with Crippen molar-refractivity contribution < 1.29 is 0 Å². The van der Waals surface area contributed by atoms with Gasteiger partial charge in [-0.05, 0) is 37.0 Å². The maximum Gasteiger partial charge on any atom is -0.0203 e. The van der Waals surface area contributed by atoms with E-state index >= 15 is 0 Å². The van der Waals surface area contributed by atoms with Crippen LogP contribution in [0.5, 0.6) is 0 Å². The molecule has 0 amide bonds. The predicted octanol–water partition coefficient (Wildman–Crippen LogP) is 4.81. The van der Waals surface area contributed by atoms with Crippen molar-refractivity contribution in [1.82, 2.24) is 0 Å². The molecule has 1 saturated carbocycles. The standard InChI is InChI=1S/C14H26/c1-5-7-12(4)14-9-6-8-13(10-14)11(2)3/h11,13-14H,4-10H2,1-3H3. The van der Waals surface area contributed by atoms with Gasteiger partial charge >= 0.3 is 0 Å². The summed E-state index contributed by atoms with van der Waals surface area (Å²) in [6, 6.07) is 0. The summed E-state index contributed by atoms with van der Waals surface area (Å²) in [6.07, 6.45) is 8.21. The zero-order valence-corrected chi connectivity index (χ0v) is 10.2. The normalized spacial score (nSPS) is 28.0. The Morgan fingerprint density at radius 3 is 2.64 bits per heavy atom. The molecule has 1 aliphatic carbocycles. The second kappa shape index (κ2) is 5.58. The predicted molar refractivity (Wildman–Crippen MR) is 64.3 cm³/mol. The minimum Gasteiger partial charge on any atom is -0.0996 e. The third-order valence-corrected chi connectivity index (χ3v) is 3.81. The molecule has 0 heterocycles. The lowest BCUT2D eigenvalue weighted by Gasteiger charge is -2.32. The average Bonchev–Trinajstić information content (AvgIpc) is 2.18. The van der Waals surface area contributed by atoms with Gasteiger partial charge in [0.05, 0.1) is 0 Å². The fourth-order valence-electron chi connectivity index (χ4n) is 2.73. The van der Waals surface area contributed by atoms with E-state index in [2.05, 4.69) is 27.4 Å². The zero-order valence-electron chi connectivity index (χ0n) is 10.2. The average molecular weight is 194 g/mol. The molecule has 0 aliphatic heterocycles. The molecule has 14 heavy (non-hydrogen) atoms. The molecule has 0 N–H and O–H groups in total. The van der Waals surface area contributed by atoms with E-state index in [1.807, 2.05) is 0 Å². The summed E-state index contributed by atoms with van der Waals surface area (Å²) in [6.45, 7) is 11.3. The van der Waals surface area contributed by atoms with Crippen molar-refractivity contribution in [1.29, 1.82) is 0 Å². The van der Waals surface area contributed by atoms with Gasteiger partial charge in [-0.2, -0.15) is 0 Å². The summed E-state index contributed by atoms with van der Waals surface area (Å²) in [5.74, 6) is 2.67. The first-order valence-electron chi connectivity index (χ1n) is 6.32. The Morgan fingerprint density at radius 1 is 1.36 bits per heavy atom. The highest BCUT2D eigenvalue weighted by Gasteiger charge is 2.25. The summed E-state index contributed by atoms with van der Waals surface area (Å²) >= 11 is 0. The van der Waals surface area contributed by atoms with Crippen LogP contribution in [0.15, 0.2) is 12.2 Å². The molecule has 0 aromatic heterocycles. The van der Waals surface area contributed by atoms with E-state index in [4.69, 9.17) is 0 Å². The van der Waals surface area contributed by atoms with Crippen molar-refractivity contribution >= 4 is 0 Å². The SMILES string of the molecule is C=C(CCC)C1CCCC(C(C)C)C1. The van der Waals surface area contributed by atoms with Crippen molar-refractivity contribution in [3.8, 4) is 0 Å². The van der Waals surface area contributed by atoms with Gasteiger partial charge in [-0.1, -0.05) is 52.2 Å². The van der Waals surface area contributed by atoms with E-state index in [1.54, 1.807) is 0 Å². The van der Waals surface area contributed by atoms with Gasteiger partial charge in [0, 0.05) is 0 Å². The Labute approximate surface area is 89.8 Å². The molecule has 0 aromatic carbocycles. The second-order valence-corrected chi connectivity index (χ2v) is 5.28. The smallest absolute Gasteiger partial charge is 0.0203 e. The van der Waals surface area contributed by atoms with Gasteiger partial charge in [0.25, 0.3) is 0 Å². The van der Waals surface area contributed by atoms with Gasteiger partial charge in [0.2, 0.25) is 0 Å². The molecule has 1 fully saturated rings. The lowest BCUT2D eigenvalue weighted by atomic mass is 9.73. The lowest BCUT2D eigenvalue weighted by molar-refractivity contribution is 0.233. The Kier molecular flexibility index (Phi) is 4.71. The molecular formula is C14H26. The van der Waals surface area contributed by atoms with E-state index in [0.717, 1.165) is 17.8 Å². The Bertz CT molecular complexity index is 178. The van der Waals surface area contributed by atoms with Crippen molar-refractivity contribution in [2.45, 2.75) is 59.3 Å². The van der Waals surface area contributed by atoms with Gasteiger partial charge < -0.3 is 0 Å². The molecule has 0 aromatic rings. The number of rotatable bonds is 4. The molecule has 0 radical (unpaired) electrons. The molecule has 0 nitrogen and oxygen atoms in total. The van der Waals surface area contributed by atoms with Crippen LogP contribution >= 0.6 is 0 Å². The molecule has 82 valence electrons. The zero-order chi connectivity index (χ0) is 10.6. The minimum absolute atomic E-state index is 0.844. The van der Waals surface area contributed by atoms with E-state index in [9.17, 15) is 0 Å². The summed E-state index contributed by atoms with van der Waals surface area (Å²) in [5.41, 5.74) is 1.53. The third-order valence-electron chi connectivity index (χ3n) is 3.81. The van der Waals surface area contributed by atoms with Gasteiger partial charge in [-0.3, -0.25) is 0 Å². The van der Waals surface area contributed by atoms with Gasteiger partial charge in [-0.15, -0.1) is 0 Å². The lowest BCUT2D eigenvalue weighted by Crippen LogP contribution is -2.20. The highest BCUT2D eigenvalue weighted by atomic mass is 14.3. The van der Waals surface area contributed by atoms with Crippen LogP contribution in [0, 0.1) is 17.8 Å². The molecule has 1 aliphatic rings. The minimum atomic E-state index is 0.844. The Hall–Kier alpha value is -0.260. The Morgan fingerprint density at radius 2 is 2.07 bits per heavy atom. The number of hydrogen-bond acceptors (Lipinski definition) is 0. The topological polar surface area (TPSA) is 0 Å². The quantitative estimate of drug-likeness (QED) is 0.564. The summed E-state index contributed by atoms with van der Waals surface area (Å²) in [7, 11) is 0. The van der Waals surface area contributed by atoms with Crippen LogP contribution in [0.2, 0.25) is 0 Å².